The van der Waals surface area contributed by atoms with Gasteiger partial charge in [-0.25, -0.2) is 0 Å². The molecule has 1 aromatic carbocycles. The molecule has 3 nitrogen and oxygen atoms in total. The molecule has 0 aliphatic carbocycles. The zero-order valence-corrected chi connectivity index (χ0v) is 11.5. The van der Waals surface area contributed by atoms with Gasteiger partial charge in [0.05, 0.1) is 19.2 Å². The van der Waals surface area contributed by atoms with Crippen LogP contribution in [-0.4, -0.2) is 20.8 Å². The van der Waals surface area contributed by atoms with Crippen LogP contribution in [0.15, 0.2) is 12.1 Å². The van der Waals surface area contributed by atoms with Crippen molar-refractivity contribution < 1.29 is 9.47 Å². The lowest BCUT2D eigenvalue weighted by Crippen LogP contribution is -2.15. The monoisotopic (exact) mass is 267 g/mol. The Morgan fingerprint density at radius 1 is 1.33 bits per heavy atom. The highest BCUT2D eigenvalue weighted by Crippen LogP contribution is 2.37. The van der Waals surface area contributed by atoms with E-state index in [9.17, 15) is 0 Å². The Morgan fingerprint density at radius 3 is 2.72 bits per heavy atom. The molecule has 1 N–H and O–H groups in total. The fraction of sp³-hybridized carbons (Fsp3) is 0.429. The fourth-order valence-corrected chi connectivity index (χ4v) is 1.91. The number of halogens is 1. The Kier molecular flexibility index (Phi) is 6.42. The average Bonchev–Trinajstić information content (AvgIpc) is 2.39. The number of unbranched alkanes of at least 4 members (excludes halogenated alkanes) is 1. The molecule has 0 aliphatic heterocycles. The van der Waals surface area contributed by atoms with Crippen LogP contribution in [0.4, 0.5) is 0 Å². The van der Waals surface area contributed by atoms with E-state index >= 15 is 0 Å². The van der Waals surface area contributed by atoms with E-state index in [4.69, 9.17) is 27.5 Å². The molecule has 0 heterocycles. The zero-order chi connectivity index (χ0) is 13.4. The van der Waals surface area contributed by atoms with Crippen LogP contribution < -0.4 is 14.8 Å². The van der Waals surface area contributed by atoms with Gasteiger partial charge in [0.15, 0.2) is 11.5 Å². The third kappa shape index (κ3) is 3.83. The molecule has 0 atom stereocenters. The summed E-state index contributed by atoms with van der Waals surface area (Å²) >= 11 is 6.26. The third-order valence-electron chi connectivity index (χ3n) is 2.56. The summed E-state index contributed by atoms with van der Waals surface area (Å²) in [6, 6.07) is 3.78. The minimum Gasteiger partial charge on any atom is -0.493 e. The lowest BCUT2D eigenvalue weighted by molar-refractivity contribution is 0.354. The van der Waals surface area contributed by atoms with E-state index in [0.717, 1.165) is 24.9 Å². The summed E-state index contributed by atoms with van der Waals surface area (Å²) in [5.74, 6) is 3.82. The molecule has 0 bridgehead atoms. The number of hydrogen-bond acceptors (Lipinski definition) is 3. The molecule has 0 aromatic heterocycles. The number of methoxy groups -OCH3 is 2. The van der Waals surface area contributed by atoms with Gasteiger partial charge in [-0.15, -0.1) is 12.3 Å². The lowest BCUT2D eigenvalue weighted by atomic mass is 10.2. The van der Waals surface area contributed by atoms with E-state index in [1.54, 1.807) is 14.2 Å². The molecule has 0 unspecified atom stereocenters. The van der Waals surface area contributed by atoms with Crippen LogP contribution in [0, 0.1) is 12.3 Å². The second kappa shape index (κ2) is 7.86. The van der Waals surface area contributed by atoms with Gasteiger partial charge >= 0.3 is 0 Å². The minimum atomic E-state index is 0.571. The van der Waals surface area contributed by atoms with Crippen LogP contribution in [0.1, 0.15) is 18.4 Å². The zero-order valence-electron chi connectivity index (χ0n) is 10.8. The predicted octanol–water partition coefficient (Wildman–Crippen LogP) is 2.86. The van der Waals surface area contributed by atoms with E-state index in [-0.39, 0.29) is 0 Å². The smallest absolute Gasteiger partial charge is 0.179 e. The van der Waals surface area contributed by atoms with Gasteiger partial charge in [0.25, 0.3) is 0 Å². The molecule has 0 amide bonds. The first-order valence-corrected chi connectivity index (χ1v) is 6.16. The Bertz CT molecular complexity index is 427. The summed E-state index contributed by atoms with van der Waals surface area (Å²) in [6.07, 6.45) is 6.93. The van der Waals surface area contributed by atoms with Gasteiger partial charge in [-0.1, -0.05) is 17.7 Å². The second-order valence-corrected chi connectivity index (χ2v) is 4.14. The van der Waals surface area contributed by atoms with Crippen LogP contribution in [0.3, 0.4) is 0 Å². The number of terminal acetylenes is 1. The van der Waals surface area contributed by atoms with Crippen molar-refractivity contribution in [3.63, 3.8) is 0 Å². The first-order valence-electron chi connectivity index (χ1n) is 5.78. The molecule has 98 valence electrons. The third-order valence-corrected chi connectivity index (χ3v) is 2.97. The number of nitrogens with one attached hydrogen (secondary N) is 1. The van der Waals surface area contributed by atoms with Gasteiger partial charge in [0.2, 0.25) is 0 Å². The highest BCUT2D eigenvalue weighted by Gasteiger charge is 2.12. The molecule has 0 saturated heterocycles. The van der Waals surface area contributed by atoms with Gasteiger partial charge in [-0.2, -0.15) is 0 Å². The van der Waals surface area contributed by atoms with Crippen LogP contribution in [0.5, 0.6) is 11.5 Å². The highest BCUT2D eigenvalue weighted by molar-refractivity contribution is 6.33. The number of hydrogen-bond donors (Lipinski definition) is 1. The molecule has 4 heteroatoms. The van der Waals surface area contributed by atoms with E-state index in [1.165, 1.54) is 0 Å². The molecule has 0 fully saturated rings. The molecule has 18 heavy (non-hydrogen) atoms. The first kappa shape index (κ1) is 14.7. The number of benzene rings is 1. The number of rotatable bonds is 7. The molecular weight excluding hydrogens is 250 g/mol. The topological polar surface area (TPSA) is 30.5 Å². The quantitative estimate of drug-likeness (QED) is 0.609. The Hall–Kier alpha value is -1.37. The molecule has 0 radical (unpaired) electrons. The van der Waals surface area contributed by atoms with E-state index < -0.39 is 0 Å². The molecule has 1 aromatic rings. The van der Waals surface area contributed by atoms with Crippen LogP contribution in [0.25, 0.3) is 0 Å². The summed E-state index contributed by atoms with van der Waals surface area (Å²) in [6.45, 7) is 1.55. The number of ether oxygens (including phenoxy) is 2. The fourth-order valence-electron chi connectivity index (χ4n) is 1.61. The Morgan fingerprint density at radius 2 is 2.11 bits per heavy atom. The van der Waals surface area contributed by atoms with Crippen molar-refractivity contribution in [2.24, 2.45) is 0 Å². The minimum absolute atomic E-state index is 0.571. The van der Waals surface area contributed by atoms with Crippen molar-refractivity contribution in [2.75, 3.05) is 20.8 Å². The average molecular weight is 268 g/mol. The second-order valence-electron chi connectivity index (χ2n) is 3.76. The van der Waals surface area contributed by atoms with E-state index in [2.05, 4.69) is 11.2 Å². The molecule has 0 spiro atoms. The molecule has 0 aliphatic rings. The van der Waals surface area contributed by atoms with Crippen molar-refractivity contribution in [1.82, 2.24) is 5.32 Å². The summed E-state index contributed by atoms with van der Waals surface area (Å²) in [5, 5.41) is 3.87. The van der Waals surface area contributed by atoms with Gasteiger partial charge < -0.3 is 14.8 Å². The van der Waals surface area contributed by atoms with Crippen LogP contribution in [-0.2, 0) is 6.54 Å². The first-order chi connectivity index (χ1) is 8.74. The van der Waals surface area contributed by atoms with Crippen molar-refractivity contribution in [3.8, 4) is 23.8 Å². The maximum atomic E-state index is 6.26. The van der Waals surface area contributed by atoms with E-state index in [0.29, 0.717) is 23.1 Å². The normalized spacial score (nSPS) is 9.89. The Labute approximate surface area is 113 Å². The SMILES string of the molecule is C#CCCCNCc1ccc(OC)c(OC)c1Cl. The van der Waals surface area contributed by atoms with E-state index in [1.807, 2.05) is 12.1 Å². The lowest BCUT2D eigenvalue weighted by Gasteiger charge is -2.13. The summed E-state index contributed by atoms with van der Waals surface area (Å²) in [4.78, 5) is 0. The largest absolute Gasteiger partial charge is 0.493 e. The molecule has 0 saturated carbocycles. The van der Waals surface area contributed by atoms with Gasteiger partial charge in [-0.3, -0.25) is 0 Å². The summed E-state index contributed by atoms with van der Waals surface area (Å²) < 4.78 is 10.4. The molecule has 1 rings (SSSR count). The van der Waals surface area contributed by atoms with Crippen molar-refractivity contribution in [3.05, 3.63) is 22.7 Å². The van der Waals surface area contributed by atoms with Crippen molar-refractivity contribution >= 4 is 11.6 Å². The maximum Gasteiger partial charge on any atom is 0.179 e. The Balaban J connectivity index is 2.64. The predicted molar refractivity (Wildman–Crippen MR) is 74.3 cm³/mol. The van der Waals surface area contributed by atoms with Gasteiger partial charge in [-0.05, 0) is 24.6 Å². The van der Waals surface area contributed by atoms with Crippen molar-refractivity contribution in [2.45, 2.75) is 19.4 Å². The highest BCUT2D eigenvalue weighted by atomic mass is 35.5. The summed E-state index contributed by atoms with van der Waals surface area (Å²) in [5.41, 5.74) is 0.982. The van der Waals surface area contributed by atoms with Gasteiger partial charge in [0.1, 0.15) is 0 Å². The van der Waals surface area contributed by atoms with Crippen LogP contribution >= 0.6 is 11.6 Å². The summed E-state index contributed by atoms with van der Waals surface area (Å²) in [7, 11) is 3.17. The molecular formula is C14H18ClNO2. The van der Waals surface area contributed by atoms with Gasteiger partial charge in [0, 0.05) is 13.0 Å². The standard InChI is InChI=1S/C14H18ClNO2/c1-4-5-6-9-16-10-11-7-8-12(17-2)14(18-3)13(11)15/h1,7-8,16H,5-6,9-10H2,2-3H3. The maximum absolute atomic E-state index is 6.26. The van der Waals surface area contributed by atoms with Crippen LogP contribution in [0.2, 0.25) is 5.02 Å². The van der Waals surface area contributed by atoms with Crippen molar-refractivity contribution in [1.29, 1.82) is 0 Å².